The number of methoxy groups -OCH3 is 1. The fraction of sp³-hybridized carbons (Fsp3) is 0.500. The highest BCUT2D eigenvalue weighted by atomic mass is 19.1. The zero-order valence-corrected chi connectivity index (χ0v) is 11.4. The Hall–Kier alpha value is -1.37. The SMILES string of the molecule is COCCOCCCOCC(=O)c1ccc(F)cc1F. The molecule has 0 radical (unpaired) electrons. The van der Waals surface area contributed by atoms with Gasteiger partial charge in [0, 0.05) is 26.4 Å². The quantitative estimate of drug-likeness (QED) is 0.489. The van der Waals surface area contributed by atoms with Crippen molar-refractivity contribution in [2.45, 2.75) is 6.42 Å². The van der Waals surface area contributed by atoms with Crippen molar-refractivity contribution < 1.29 is 27.8 Å². The molecule has 4 nitrogen and oxygen atoms in total. The molecule has 6 heteroatoms. The molecule has 0 aliphatic heterocycles. The summed E-state index contributed by atoms with van der Waals surface area (Å²) in [5, 5.41) is 0. The van der Waals surface area contributed by atoms with Crippen LogP contribution in [0.25, 0.3) is 0 Å². The number of Topliss-reactive ketones (excluding diaryl/α,β-unsaturated/α-hetero) is 1. The minimum atomic E-state index is -0.874. The Morgan fingerprint density at radius 2 is 1.85 bits per heavy atom. The smallest absolute Gasteiger partial charge is 0.191 e. The van der Waals surface area contributed by atoms with E-state index < -0.39 is 17.4 Å². The number of ether oxygens (including phenoxy) is 3. The largest absolute Gasteiger partial charge is 0.382 e. The maximum absolute atomic E-state index is 13.3. The highest BCUT2D eigenvalue weighted by Crippen LogP contribution is 2.10. The molecule has 0 aliphatic carbocycles. The summed E-state index contributed by atoms with van der Waals surface area (Å²) in [5.41, 5.74) is -0.164. The minimum absolute atomic E-state index is 0.164. The van der Waals surface area contributed by atoms with E-state index >= 15 is 0 Å². The molecular formula is C14H18F2O4. The molecule has 0 aliphatic rings. The Morgan fingerprint density at radius 1 is 1.10 bits per heavy atom. The van der Waals surface area contributed by atoms with Crippen molar-refractivity contribution >= 4 is 5.78 Å². The fourth-order valence-electron chi connectivity index (χ4n) is 1.47. The minimum Gasteiger partial charge on any atom is -0.382 e. The first kappa shape index (κ1) is 16.7. The van der Waals surface area contributed by atoms with E-state index in [0.29, 0.717) is 38.9 Å². The van der Waals surface area contributed by atoms with Crippen molar-refractivity contribution in [1.82, 2.24) is 0 Å². The van der Waals surface area contributed by atoms with Gasteiger partial charge in [0.1, 0.15) is 18.2 Å². The Kier molecular flexibility index (Phi) is 7.94. The number of carbonyl (C=O) groups is 1. The average Bonchev–Trinajstić information content (AvgIpc) is 2.41. The summed E-state index contributed by atoms with van der Waals surface area (Å²) in [6, 6.07) is 2.83. The number of halogens is 2. The summed E-state index contributed by atoms with van der Waals surface area (Å²) in [6.45, 7) is 1.64. The Labute approximate surface area is 116 Å². The van der Waals surface area contributed by atoms with E-state index in [2.05, 4.69) is 0 Å². The lowest BCUT2D eigenvalue weighted by molar-refractivity contribution is 0.0487. The fourth-order valence-corrected chi connectivity index (χ4v) is 1.47. The second-order valence-electron chi connectivity index (χ2n) is 4.06. The van der Waals surface area contributed by atoms with Gasteiger partial charge in [0.15, 0.2) is 5.78 Å². The summed E-state index contributed by atoms with van der Waals surface area (Å²) in [5.74, 6) is -2.10. The van der Waals surface area contributed by atoms with Crippen LogP contribution in [0.5, 0.6) is 0 Å². The Balaban J connectivity index is 2.17. The maximum Gasteiger partial charge on any atom is 0.191 e. The van der Waals surface area contributed by atoms with Gasteiger partial charge in [-0.05, 0) is 18.6 Å². The molecule has 0 fully saturated rings. The standard InChI is InChI=1S/C14H18F2O4/c1-18-7-8-19-5-2-6-20-10-14(17)12-4-3-11(15)9-13(12)16/h3-4,9H,2,5-8,10H2,1H3. The van der Waals surface area contributed by atoms with Crippen molar-refractivity contribution in [3.63, 3.8) is 0 Å². The van der Waals surface area contributed by atoms with Crippen LogP contribution < -0.4 is 0 Å². The second kappa shape index (κ2) is 9.52. The van der Waals surface area contributed by atoms with E-state index in [-0.39, 0.29) is 12.2 Å². The van der Waals surface area contributed by atoms with Crippen LogP contribution in [-0.2, 0) is 14.2 Å². The second-order valence-corrected chi connectivity index (χ2v) is 4.06. The number of rotatable bonds is 10. The normalized spacial score (nSPS) is 10.8. The van der Waals surface area contributed by atoms with Crippen LogP contribution in [0.3, 0.4) is 0 Å². The monoisotopic (exact) mass is 288 g/mol. The van der Waals surface area contributed by atoms with Crippen molar-refractivity contribution in [3.05, 3.63) is 35.4 Å². The Bertz CT molecular complexity index is 424. The maximum atomic E-state index is 13.3. The summed E-state index contributed by atoms with van der Waals surface area (Å²) in [6.07, 6.45) is 0.628. The molecule has 0 atom stereocenters. The lowest BCUT2D eigenvalue weighted by Gasteiger charge is -2.06. The molecule has 0 saturated carbocycles. The number of hydrogen-bond donors (Lipinski definition) is 0. The van der Waals surface area contributed by atoms with Crippen LogP contribution in [0.4, 0.5) is 8.78 Å². The van der Waals surface area contributed by atoms with Crippen molar-refractivity contribution in [2.75, 3.05) is 40.1 Å². The molecule has 0 spiro atoms. The molecule has 1 aromatic rings. The summed E-state index contributed by atoms with van der Waals surface area (Å²) in [4.78, 5) is 11.6. The molecule has 1 aromatic carbocycles. The lowest BCUT2D eigenvalue weighted by atomic mass is 10.1. The summed E-state index contributed by atoms with van der Waals surface area (Å²) in [7, 11) is 1.59. The van der Waals surface area contributed by atoms with E-state index in [1.54, 1.807) is 7.11 Å². The van der Waals surface area contributed by atoms with Crippen LogP contribution in [0.15, 0.2) is 18.2 Å². The lowest BCUT2D eigenvalue weighted by Crippen LogP contribution is -2.13. The number of ketones is 1. The van der Waals surface area contributed by atoms with Crippen LogP contribution in [-0.4, -0.2) is 45.9 Å². The molecule has 0 saturated heterocycles. The zero-order chi connectivity index (χ0) is 14.8. The topological polar surface area (TPSA) is 44.8 Å². The van der Waals surface area contributed by atoms with Crippen molar-refractivity contribution in [1.29, 1.82) is 0 Å². The van der Waals surface area contributed by atoms with Crippen molar-refractivity contribution in [2.24, 2.45) is 0 Å². The van der Waals surface area contributed by atoms with Gasteiger partial charge in [-0.3, -0.25) is 4.79 Å². The van der Waals surface area contributed by atoms with Gasteiger partial charge in [0.05, 0.1) is 18.8 Å². The highest BCUT2D eigenvalue weighted by molar-refractivity contribution is 5.97. The van der Waals surface area contributed by atoms with E-state index in [1.165, 1.54) is 0 Å². The third kappa shape index (κ3) is 6.18. The zero-order valence-electron chi connectivity index (χ0n) is 11.4. The molecule has 112 valence electrons. The van der Waals surface area contributed by atoms with Crippen LogP contribution in [0.1, 0.15) is 16.8 Å². The third-order valence-corrected chi connectivity index (χ3v) is 2.47. The van der Waals surface area contributed by atoms with E-state index in [0.717, 1.165) is 12.1 Å². The Morgan fingerprint density at radius 3 is 2.55 bits per heavy atom. The van der Waals surface area contributed by atoms with Crippen LogP contribution in [0, 0.1) is 11.6 Å². The first-order valence-corrected chi connectivity index (χ1v) is 6.28. The third-order valence-electron chi connectivity index (χ3n) is 2.47. The highest BCUT2D eigenvalue weighted by Gasteiger charge is 2.12. The summed E-state index contributed by atoms with van der Waals surface area (Å²) >= 11 is 0. The summed E-state index contributed by atoms with van der Waals surface area (Å²) < 4.78 is 41.1. The molecule has 20 heavy (non-hydrogen) atoms. The molecule has 0 heterocycles. The van der Waals surface area contributed by atoms with Gasteiger partial charge in [-0.2, -0.15) is 0 Å². The molecule has 0 unspecified atom stereocenters. The van der Waals surface area contributed by atoms with Crippen LogP contribution in [0.2, 0.25) is 0 Å². The first-order chi connectivity index (χ1) is 9.65. The molecule has 1 rings (SSSR count). The van der Waals surface area contributed by atoms with Gasteiger partial charge in [0.2, 0.25) is 0 Å². The number of hydrogen-bond acceptors (Lipinski definition) is 4. The molecule has 0 amide bonds. The molecular weight excluding hydrogens is 270 g/mol. The molecule has 0 N–H and O–H groups in total. The number of carbonyl (C=O) groups excluding carboxylic acids is 1. The predicted octanol–water partition coefficient (Wildman–Crippen LogP) is 2.22. The van der Waals surface area contributed by atoms with E-state index in [4.69, 9.17) is 14.2 Å². The molecule has 0 aromatic heterocycles. The predicted molar refractivity (Wildman–Crippen MR) is 68.8 cm³/mol. The molecule has 0 bridgehead atoms. The van der Waals surface area contributed by atoms with E-state index in [1.807, 2.05) is 0 Å². The van der Waals surface area contributed by atoms with Gasteiger partial charge in [-0.15, -0.1) is 0 Å². The van der Waals surface area contributed by atoms with Gasteiger partial charge < -0.3 is 14.2 Å². The van der Waals surface area contributed by atoms with Gasteiger partial charge in [-0.1, -0.05) is 0 Å². The van der Waals surface area contributed by atoms with Gasteiger partial charge >= 0.3 is 0 Å². The van der Waals surface area contributed by atoms with E-state index in [9.17, 15) is 13.6 Å². The van der Waals surface area contributed by atoms with Crippen molar-refractivity contribution in [3.8, 4) is 0 Å². The number of benzene rings is 1. The van der Waals surface area contributed by atoms with Crippen LogP contribution >= 0.6 is 0 Å². The first-order valence-electron chi connectivity index (χ1n) is 6.28. The van der Waals surface area contributed by atoms with Gasteiger partial charge in [-0.25, -0.2) is 8.78 Å². The average molecular weight is 288 g/mol. The van der Waals surface area contributed by atoms with Gasteiger partial charge in [0.25, 0.3) is 0 Å².